The summed E-state index contributed by atoms with van der Waals surface area (Å²) < 4.78 is 27.1. The predicted molar refractivity (Wildman–Crippen MR) is 111 cm³/mol. The summed E-state index contributed by atoms with van der Waals surface area (Å²) in [5, 5.41) is 20.8. The van der Waals surface area contributed by atoms with Gasteiger partial charge in [-0.15, -0.1) is 16.5 Å². The Morgan fingerprint density at radius 2 is 1.83 bits per heavy atom. The smallest absolute Gasteiger partial charge is 0.263 e. The van der Waals surface area contributed by atoms with Crippen LogP contribution in [-0.4, -0.2) is 23.5 Å². The molecule has 0 unspecified atom stereocenters. The van der Waals surface area contributed by atoms with Gasteiger partial charge in [0.25, 0.3) is 10.0 Å². The highest BCUT2D eigenvalue weighted by Crippen LogP contribution is 2.33. The Hall–Kier alpha value is -3.57. The van der Waals surface area contributed by atoms with Crippen LogP contribution in [0.15, 0.2) is 75.2 Å². The van der Waals surface area contributed by atoms with E-state index in [9.17, 15) is 13.5 Å². The number of pyridine rings is 1. The summed E-state index contributed by atoms with van der Waals surface area (Å²) in [5.41, 5.74) is 6.95. The van der Waals surface area contributed by atoms with Crippen molar-refractivity contribution in [2.45, 2.75) is 4.90 Å². The Bertz CT molecular complexity index is 1300. The number of fused-ring (bicyclic) bond motifs is 1. The van der Waals surface area contributed by atoms with Crippen LogP contribution in [0, 0.1) is 0 Å². The molecule has 4 rings (SSSR count). The van der Waals surface area contributed by atoms with Crippen molar-refractivity contribution in [2.75, 3.05) is 10.5 Å². The minimum atomic E-state index is -3.73. The number of phenols is 1. The number of aromatic nitrogens is 2. The van der Waals surface area contributed by atoms with Crippen LogP contribution in [0.4, 0.5) is 22.3 Å². The minimum absolute atomic E-state index is 0.00598. The molecule has 9 nitrogen and oxygen atoms in total. The number of nitrogens with one attached hydrogen (secondary N) is 1. The van der Waals surface area contributed by atoms with Gasteiger partial charge in [-0.2, -0.15) is 5.11 Å². The predicted octanol–water partition coefficient (Wildman–Crippen LogP) is 4.20. The van der Waals surface area contributed by atoms with Gasteiger partial charge in [-0.1, -0.05) is 0 Å². The fourth-order valence-corrected chi connectivity index (χ4v) is 4.33. The molecule has 0 amide bonds. The summed E-state index contributed by atoms with van der Waals surface area (Å²) >= 11 is 1.19. The van der Waals surface area contributed by atoms with Gasteiger partial charge in [0.05, 0.1) is 16.3 Å². The minimum Gasteiger partial charge on any atom is -0.506 e. The van der Waals surface area contributed by atoms with Gasteiger partial charge in [0.15, 0.2) is 5.13 Å². The first-order valence-corrected chi connectivity index (χ1v) is 10.6. The van der Waals surface area contributed by atoms with Gasteiger partial charge >= 0.3 is 0 Å². The van der Waals surface area contributed by atoms with Crippen molar-refractivity contribution < 1.29 is 13.5 Å². The zero-order valence-corrected chi connectivity index (χ0v) is 16.4. The number of thiazole rings is 1. The first-order valence-electron chi connectivity index (χ1n) is 8.25. The Morgan fingerprint density at radius 1 is 1.03 bits per heavy atom. The zero-order chi connectivity index (χ0) is 20.4. The lowest BCUT2D eigenvalue weighted by molar-refractivity contribution is 0.480. The van der Waals surface area contributed by atoms with Crippen molar-refractivity contribution in [2.24, 2.45) is 10.2 Å². The van der Waals surface area contributed by atoms with Crippen molar-refractivity contribution in [1.82, 2.24) is 9.97 Å². The topological polar surface area (TPSA) is 143 Å². The number of hydrogen-bond acceptors (Lipinski definition) is 9. The number of aromatic hydroxyl groups is 1. The van der Waals surface area contributed by atoms with Crippen molar-refractivity contribution >= 4 is 54.6 Å². The molecule has 2 heterocycles. The van der Waals surface area contributed by atoms with E-state index in [2.05, 4.69) is 24.9 Å². The molecule has 0 aliphatic rings. The summed E-state index contributed by atoms with van der Waals surface area (Å²) in [6.45, 7) is 0. The number of rotatable bonds is 5. The highest BCUT2D eigenvalue weighted by molar-refractivity contribution is 7.93. The monoisotopic (exact) mass is 426 g/mol. The van der Waals surface area contributed by atoms with E-state index in [1.807, 2.05) is 0 Å². The highest BCUT2D eigenvalue weighted by Gasteiger charge is 2.15. The molecule has 0 fully saturated rings. The van der Waals surface area contributed by atoms with E-state index < -0.39 is 10.0 Å². The van der Waals surface area contributed by atoms with Crippen molar-refractivity contribution in [3.63, 3.8) is 0 Å². The summed E-state index contributed by atoms with van der Waals surface area (Å²) in [7, 11) is -3.73. The number of sulfonamides is 1. The largest absolute Gasteiger partial charge is 0.506 e. The van der Waals surface area contributed by atoms with Crippen LogP contribution in [-0.2, 0) is 10.0 Å². The Labute approximate surface area is 169 Å². The maximum Gasteiger partial charge on any atom is 0.263 e. The molecular formula is C18H14N6O3S2. The number of phenolic OH excluding ortho intramolecular Hbond substituents is 1. The molecule has 29 heavy (non-hydrogen) atoms. The summed E-state index contributed by atoms with van der Waals surface area (Å²) in [6.07, 6.45) is 1.52. The van der Waals surface area contributed by atoms with Crippen molar-refractivity contribution in [1.29, 1.82) is 0 Å². The average molecular weight is 426 g/mol. The number of nitrogen functional groups attached to an aromatic ring is 1. The number of anilines is 2. The lowest BCUT2D eigenvalue weighted by Gasteiger charge is -2.05. The number of azo groups is 1. The molecule has 0 aliphatic heterocycles. The van der Waals surface area contributed by atoms with Crippen LogP contribution in [0.3, 0.4) is 0 Å². The quantitative estimate of drug-likeness (QED) is 0.408. The highest BCUT2D eigenvalue weighted by atomic mass is 32.2. The Morgan fingerprint density at radius 3 is 2.55 bits per heavy atom. The van der Waals surface area contributed by atoms with Crippen molar-refractivity contribution in [3.8, 4) is 5.75 Å². The maximum atomic E-state index is 12.4. The fraction of sp³-hybridized carbons (Fsp3) is 0. The standard InChI is InChI=1S/C18H14N6O3S2/c19-16-8-5-13-14(6-7-15(25)17(13)21-16)23-22-11-1-3-12(4-2-11)29(26,27)24-18-20-9-10-28-18/h1-10,25H,(H2,19,21)(H,20,24). The van der Waals surface area contributed by atoms with Gasteiger partial charge in [-0.3, -0.25) is 4.72 Å². The second kappa shape index (κ2) is 7.45. The van der Waals surface area contributed by atoms with E-state index in [1.165, 1.54) is 35.7 Å². The molecule has 4 N–H and O–H groups in total. The number of nitrogens with zero attached hydrogens (tertiary/aromatic N) is 4. The molecule has 0 atom stereocenters. The van der Waals surface area contributed by atoms with E-state index in [0.29, 0.717) is 27.4 Å². The molecule has 11 heteroatoms. The SMILES string of the molecule is Nc1ccc2c(N=Nc3ccc(S(=O)(=O)Nc4nccs4)cc3)ccc(O)c2n1. The normalized spacial score (nSPS) is 11.9. The molecule has 2 aromatic heterocycles. The van der Waals surface area contributed by atoms with Crippen LogP contribution < -0.4 is 10.5 Å². The van der Waals surface area contributed by atoms with Gasteiger partial charge in [0.1, 0.15) is 17.1 Å². The second-order valence-corrected chi connectivity index (χ2v) is 8.45. The molecule has 146 valence electrons. The summed E-state index contributed by atoms with van der Waals surface area (Å²) in [4.78, 5) is 8.10. The molecule has 4 aromatic rings. The number of benzene rings is 2. The lowest BCUT2D eigenvalue weighted by atomic mass is 10.1. The Balaban J connectivity index is 1.59. The van der Waals surface area contributed by atoms with Crippen LogP contribution in [0.2, 0.25) is 0 Å². The average Bonchev–Trinajstić information content (AvgIpc) is 3.20. The van der Waals surface area contributed by atoms with Crippen LogP contribution in [0.25, 0.3) is 10.9 Å². The zero-order valence-electron chi connectivity index (χ0n) is 14.7. The first-order chi connectivity index (χ1) is 13.9. The molecule has 0 saturated carbocycles. The van der Waals surface area contributed by atoms with Gasteiger partial charge in [-0.05, 0) is 48.5 Å². The van der Waals surface area contributed by atoms with Crippen LogP contribution >= 0.6 is 11.3 Å². The molecule has 2 aromatic carbocycles. The van der Waals surface area contributed by atoms with E-state index in [1.54, 1.807) is 35.7 Å². The van der Waals surface area contributed by atoms with E-state index >= 15 is 0 Å². The Kier molecular flexibility index (Phi) is 4.82. The molecule has 0 radical (unpaired) electrons. The third-order valence-corrected chi connectivity index (χ3v) is 6.08. The van der Waals surface area contributed by atoms with Crippen LogP contribution in [0.5, 0.6) is 5.75 Å². The molecule has 0 saturated heterocycles. The summed E-state index contributed by atoms with van der Waals surface area (Å²) in [5.74, 6) is 0.276. The third kappa shape index (κ3) is 4.00. The number of nitrogens with two attached hydrogens (primary N) is 1. The van der Waals surface area contributed by atoms with E-state index in [-0.39, 0.29) is 16.5 Å². The summed E-state index contributed by atoms with van der Waals surface area (Å²) in [6, 6.07) is 12.3. The van der Waals surface area contributed by atoms with E-state index in [0.717, 1.165) is 0 Å². The lowest BCUT2D eigenvalue weighted by Crippen LogP contribution is -2.12. The fourth-order valence-electron chi connectivity index (χ4n) is 2.54. The third-order valence-electron chi connectivity index (χ3n) is 3.91. The van der Waals surface area contributed by atoms with Crippen molar-refractivity contribution in [3.05, 3.63) is 60.1 Å². The van der Waals surface area contributed by atoms with Gasteiger partial charge in [0, 0.05) is 17.0 Å². The molecule has 0 spiro atoms. The van der Waals surface area contributed by atoms with Gasteiger partial charge < -0.3 is 10.8 Å². The van der Waals surface area contributed by atoms with Gasteiger partial charge in [-0.25, -0.2) is 18.4 Å². The second-order valence-electron chi connectivity index (χ2n) is 5.87. The maximum absolute atomic E-state index is 12.4. The first kappa shape index (κ1) is 18.8. The molecule has 0 bridgehead atoms. The molecule has 0 aliphatic carbocycles. The molecular weight excluding hydrogens is 412 g/mol. The van der Waals surface area contributed by atoms with Crippen LogP contribution in [0.1, 0.15) is 0 Å². The van der Waals surface area contributed by atoms with Gasteiger partial charge in [0.2, 0.25) is 0 Å². The number of hydrogen-bond donors (Lipinski definition) is 3. The van der Waals surface area contributed by atoms with E-state index in [4.69, 9.17) is 5.73 Å².